The third-order valence-corrected chi connectivity index (χ3v) is 6.34. The van der Waals surface area contributed by atoms with E-state index in [9.17, 15) is 9.59 Å². The molecule has 0 unspecified atom stereocenters. The van der Waals surface area contributed by atoms with Crippen molar-refractivity contribution < 1.29 is 19.1 Å². The molecule has 4 rings (SSSR count). The number of aryl methyl sites for hydroxylation is 1. The van der Waals surface area contributed by atoms with E-state index >= 15 is 0 Å². The van der Waals surface area contributed by atoms with Gasteiger partial charge in [0, 0.05) is 50.7 Å². The summed E-state index contributed by atoms with van der Waals surface area (Å²) in [5.41, 5.74) is 2.54. The van der Waals surface area contributed by atoms with Crippen LogP contribution < -0.4 is 14.8 Å². The molecule has 1 spiro atoms. The molecule has 1 fully saturated rings. The number of carbonyl (C=O) groups excluding carboxylic acids is 2. The van der Waals surface area contributed by atoms with Gasteiger partial charge in [0.15, 0.2) is 0 Å². The van der Waals surface area contributed by atoms with Crippen LogP contribution in [-0.4, -0.2) is 60.5 Å². The van der Waals surface area contributed by atoms with E-state index in [-0.39, 0.29) is 11.8 Å². The van der Waals surface area contributed by atoms with Gasteiger partial charge >= 0.3 is 0 Å². The standard InChI is InChI=1S/C25H31N3O4/c1-18-4-9-23-20(14-18)15-28(19(2)29)17-25(32-23)10-12-27(13-11-25)16-24(30)26-21-5-7-22(31-3)8-6-21/h4-9,14H,10-13,15-17H2,1-3H3,(H,26,30). The molecule has 0 saturated carbocycles. The summed E-state index contributed by atoms with van der Waals surface area (Å²) < 4.78 is 11.7. The van der Waals surface area contributed by atoms with Crippen molar-refractivity contribution in [1.82, 2.24) is 9.80 Å². The van der Waals surface area contributed by atoms with Crippen LogP contribution in [0.1, 0.15) is 30.9 Å². The molecule has 170 valence electrons. The van der Waals surface area contributed by atoms with E-state index in [1.807, 2.05) is 35.2 Å². The third kappa shape index (κ3) is 5.05. The summed E-state index contributed by atoms with van der Waals surface area (Å²) in [7, 11) is 1.62. The van der Waals surface area contributed by atoms with E-state index in [0.29, 0.717) is 19.6 Å². The number of anilines is 1. The predicted octanol–water partition coefficient (Wildman–Crippen LogP) is 3.22. The van der Waals surface area contributed by atoms with Gasteiger partial charge in [-0.05, 0) is 37.3 Å². The van der Waals surface area contributed by atoms with Gasteiger partial charge < -0.3 is 19.7 Å². The average molecular weight is 438 g/mol. The van der Waals surface area contributed by atoms with E-state index in [1.165, 1.54) is 0 Å². The van der Waals surface area contributed by atoms with E-state index in [1.54, 1.807) is 14.0 Å². The Kier molecular flexibility index (Phi) is 6.37. The van der Waals surface area contributed by atoms with Crippen molar-refractivity contribution in [3.05, 3.63) is 53.6 Å². The van der Waals surface area contributed by atoms with Gasteiger partial charge in [-0.15, -0.1) is 0 Å². The van der Waals surface area contributed by atoms with Crippen molar-refractivity contribution >= 4 is 17.5 Å². The van der Waals surface area contributed by atoms with E-state index in [4.69, 9.17) is 9.47 Å². The lowest BCUT2D eigenvalue weighted by molar-refractivity contribution is -0.132. The van der Waals surface area contributed by atoms with E-state index < -0.39 is 5.60 Å². The fourth-order valence-corrected chi connectivity index (χ4v) is 4.49. The SMILES string of the molecule is COc1ccc(NC(=O)CN2CCC3(CC2)CN(C(C)=O)Cc2cc(C)ccc2O3)cc1. The number of piperidine rings is 1. The van der Waals surface area contributed by atoms with Crippen molar-refractivity contribution in [3.63, 3.8) is 0 Å². The van der Waals surface area contributed by atoms with Gasteiger partial charge in [0.25, 0.3) is 0 Å². The highest BCUT2D eigenvalue weighted by Crippen LogP contribution is 2.36. The van der Waals surface area contributed by atoms with Crippen LogP contribution in [0.2, 0.25) is 0 Å². The number of ether oxygens (including phenoxy) is 2. The maximum atomic E-state index is 12.5. The number of benzene rings is 2. The fourth-order valence-electron chi connectivity index (χ4n) is 4.49. The molecule has 2 heterocycles. The Morgan fingerprint density at radius 1 is 1.12 bits per heavy atom. The molecule has 2 aliphatic rings. The summed E-state index contributed by atoms with van der Waals surface area (Å²) >= 11 is 0. The molecule has 2 amide bonds. The van der Waals surface area contributed by atoms with Crippen LogP contribution in [0.25, 0.3) is 0 Å². The third-order valence-electron chi connectivity index (χ3n) is 6.34. The minimum Gasteiger partial charge on any atom is -0.497 e. The molecule has 2 aromatic carbocycles. The number of rotatable bonds is 4. The molecule has 7 heteroatoms. The van der Waals surface area contributed by atoms with Crippen molar-refractivity contribution in [2.75, 3.05) is 38.6 Å². The molecule has 1 N–H and O–H groups in total. The smallest absolute Gasteiger partial charge is 0.238 e. The molecule has 0 radical (unpaired) electrons. The topological polar surface area (TPSA) is 71.1 Å². The molecule has 7 nitrogen and oxygen atoms in total. The van der Waals surface area contributed by atoms with E-state index in [0.717, 1.165) is 54.2 Å². The minimum atomic E-state index is -0.421. The summed E-state index contributed by atoms with van der Waals surface area (Å²) in [6, 6.07) is 13.5. The van der Waals surface area contributed by atoms with Crippen LogP contribution in [0.5, 0.6) is 11.5 Å². The number of hydrogen-bond donors (Lipinski definition) is 1. The number of carbonyl (C=O) groups is 2. The maximum Gasteiger partial charge on any atom is 0.238 e. The second-order valence-corrected chi connectivity index (χ2v) is 8.82. The zero-order valence-electron chi connectivity index (χ0n) is 19.0. The highest BCUT2D eigenvalue weighted by Gasteiger charge is 2.41. The number of nitrogens with one attached hydrogen (secondary N) is 1. The van der Waals surface area contributed by atoms with Gasteiger partial charge in [0.1, 0.15) is 17.1 Å². The zero-order chi connectivity index (χ0) is 22.7. The number of amides is 2. The van der Waals surface area contributed by atoms with Crippen LogP contribution in [0, 0.1) is 6.92 Å². The number of methoxy groups -OCH3 is 1. The second kappa shape index (κ2) is 9.20. The minimum absolute atomic E-state index is 0.0425. The van der Waals surface area contributed by atoms with Gasteiger partial charge in [0.05, 0.1) is 20.2 Å². The normalized spacial score (nSPS) is 17.8. The van der Waals surface area contributed by atoms with Crippen LogP contribution in [0.3, 0.4) is 0 Å². The second-order valence-electron chi connectivity index (χ2n) is 8.82. The summed E-state index contributed by atoms with van der Waals surface area (Å²) in [6.07, 6.45) is 1.53. The highest BCUT2D eigenvalue weighted by atomic mass is 16.5. The average Bonchev–Trinajstić information content (AvgIpc) is 2.93. The first-order valence-electron chi connectivity index (χ1n) is 11.1. The quantitative estimate of drug-likeness (QED) is 0.795. The molecule has 2 aromatic rings. The Morgan fingerprint density at radius 2 is 1.84 bits per heavy atom. The Balaban J connectivity index is 1.39. The van der Waals surface area contributed by atoms with E-state index in [2.05, 4.69) is 29.3 Å². The van der Waals surface area contributed by atoms with Gasteiger partial charge in [0.2, 0.25) is 11.8 Å². The Morgan fingerprint density at radius 3 is 2.50 bits per heavy atom. The lowest BCUT2D eigenvalue weighted by Gasteiger charge is -2.42. The van der Waals surface area contributed by atoms with Crippen LogP contribution in [-0.2, 0) is 16.1 Å². The molecular formula is C25H31N3O4. The molecule has 0 aromatic heterocycles. The Bertz CT molecular complexity index is 981. The first kappa shape index (κ1) is 22.1. The zero-order valence-corrected chi connectivity index (χ0v) is 19.0. The summed E-state index contributed by atoms with van der Waals surface area (Å²) in [5.74, 6) is 1.64. The van der Waals surface area contributed by atoms with Gasteiger partial charge in [-0.2, -0.15) is 0 Å². The van der Waals surface area contributed by atoms with Crippen molar-refractivity contribution in [2.24, 2.45) is 0 Å². The number of nitrogens with zero attached hydrogens (tertiary/aromatic N) is 2. The van der Waals surface area contributed by atoms with Crippen LogP contribution in [0.15, 0.2) is 42.5 Å². The Hall–Kier alpha value is -3.06. The Labute approximate surface area is 189 Å². The molecule has 1 saturated heterocycles. The maximum absolute atomic E-state index is 12.5. The molecule has 0 aliphatic carbocycles. The number of likely N-dealkylation sites (tertiary alicyclic amines) is 1. The summed E-state index contributed by atoms with van der Waals surface area (Å²) in [5, 5.41) is 2.94. The van der Waals surface area contributed by atoms with Crippen LogP contribution in [0.4, 0.5) is 5.69 Å². The van der Waals surface area contributed by atoms with Crippen molar-refractivity contribution in [2.45, 2.75) is 38.8 Å². The first-order valence-corrected chi connectivity index (χ1v) is 11.1. The first-order chi connectivity index (χ1) is 15.4. The molecule has 0 atom stereocenters. The summed E-state index contributed by atoms with van der Waals surface area (Å²) in [6.45, 7) is 6.62. The number of fused-ring (bicyclic) bond motifs is 1. The molecular weight excluding hydrogens is 406 g/mol. The number of hydrogen-bond acceptors (Lipinski definition) is 5. The van der Waals surface area contributed by atoms with Crippen molar-refractivity contribution in [3.8, 4) is 11.5 Å². The van der Waals surface area contributed by atoms with Crippen LogP contribution >= 0.6 is 0 Å². The lowest BCUT2D eigenvalue weighted by atomic mass is 9.90. The van der Waals surface area contributed by atoms with Gasteiger partial charge in [-0.1, -0.05) is 17.7 Å². The van der Waals surface area contributed by atoms with Crippen molar-refractivity contribution in [1.29, 1.82) is 0 Å². The fraction of sp³-hybridized carbons (Fsp3) is 0.440. The monoisotopic (exact) mass is 437 g/mol. The lowest BCUT2D eigenvalue weighted by Crippen LogP contribution is -2.54. The van der Waals surface area contributed by atoms with Gasteiger partial charge in [-0.25, -0.2) is 0 Å². The van der Waals surface area contributed by atoms with Gasteiger partial charge in [-0.3, -0.25) is 14.5 Å². The largest absolute Gasteiger partial charge is 0.497 e. The predicted molar refractivity (Wildman–Crippen MR) is 123 cm³/mol. The molecule has 32 heavy (non-hydrogen) atoms. The molecule has 2 aliphatic heterocycles. The summed E-state index contributed by atoms with van der Waals surface area (Å²) in [4.78, 5) is 28.9. The molecule has 0 bridgehead atoms. The highest BCUT2D eigenvalue weighted by molar-refractivity contribution is 5.92.